The highest BCUT2D eigenvalue weighted by Gasteiger charge is 2.21. The number of benzene rings is 2. The van der Waals surface area contributed by atoms with Crippen LogP contribution in [0.4, 0.5) is 0 Å². The standard InChI is InChI=1S/C20H26N2O4S/c1-6-26-17-9-7-8-15(19(17)23)13-21-22-27(24,25)18-12-16(20(3,4)5)11-10-14(18)2/h7-13,22-23H,6H2,1-5H3/b21-13+. The van der Waals surface area contributed by atoms with Crippen LogP contribution >= 0.6 is 0 Å². The number of hydrogen-bond donors (Lipinski definition) is 2. The second-order valence-electron chi connectivity index (χ2n) is 7.21. The molecule has 0 saturated heterocycles. The lowest BCUT2D eigenvalue weighted by Gasteiger charge is -2.20. The molecule has 0 aliphatic carbocycles. The molecule has 0 aliphatic rings. The van der Waals surface area contributed by atoms with E-state index in [9.17, 15) is 13.5 Å². The van der Waals surface area contributed by atoms with E-state index in [1.54, 1.807) is 37.3 Å². The fourth-order valence-electron chi connectivity index (χ4n) is 2.49. The third kappa shape index (κ3) is 5.01. The van der Waals surface area contributed by atoms with E-state index < -0.39 is 10.0 Å². The van der Waals surface area contributed by atoms with Crippen LogP contribution < -0.4 is 9.57 Å². The fourth-order valence-corrected chi connectivity index (χ4v) is 3.55. The minimum Gasteiger partial charge on any atom is -0.504 e. The van der Waals surface area contributed by atoms with Gasteiger partial charge in [0.05, 0.1) is 17.7 Å². The molecule has 146 valence electrons. The summed E-state index contributed by atoms with van der Waals surface area (Å²) >= 11 is 0. The number of aryl methyl sites for hydroxylation is 1. The van der Waals surface area contributed by atoms with Crippen LogP contribution in [0.5, 0.6) is 11.5 Å². The average Bonchev–Trinajstić information content (AvgIpc) is 2.57. The number of hydrazone groups is 1. The average molecular weight is 391 g/mol. The molecule has 6 nitrogen and oxygen atoms in total. The van der Waals surface area contributed by atoms with E-state index in [0.29, 0.717) is 23.5 Å². The molecular weight excluding hydrogens is 364 g/mol. The summed E-state index contributed by atoms with van der Waals surface area (Å²) in [5.74, 6) is 0.228. The highest BCUT2D eigenvalue weighted by atomic mass is 32.2. The van der Waals surface area contributed by atoms with Gasteiger partial charge in [0, 0.05) is 5.56 Å². The van der Waals surface area contributed by atoms with Gasteiger partial charge in [-0.25, -0.2) is 4.83 Å². The minimum atomic E-state index is -3.84. The minimum absolute atomic E-state index is 0.0896. The first kappa shape index (κ1) is 20.8. The molecule has 0 unspecified atom stereocenters. The Balaban J connectivity index is 2.28. The van der Waals surface area contributed by atoms with Crippen LogP contribution in [-0.2, 0) is 15.4 Å². The number of hydrogen-bond acceptors (Lipinski definition) is 5. The summed E-state index contributed by atoms with van der Waals surface area (Å²) in [5.41, 5.74) is 1.72. The van der Waals surface area contributed by atoms with Crippen molar-refractivity contribution in [2.75, 3.05) is 6.61 Å². The lowest BCUT2D eigenvalue weighted by Crippen LogP contribution is -2.21. The van der Waals surface area contributed by atoms with Crippen LogP contribution in [0, 0.1) is 6.92 Å². The first-order chi connectivity index (χ1) is 12.6. The lowest BCUT2D eigenvalue weighted by atomic mass is 9.87. The number of nitrogens with zero attached hydrogens (tertiary/aromatic N) is 1. The SMILES string of the molecule is CCOc1cccc(/C=N/NS(=O)(=O)c2cc(C(C)(C)C)ccc2C)c1O. The smallest absolute Gasteiger partial charge is 0.276 e. The molecule has 0 atom stereocenters. The van der Waals surface area contributed by atoms with Gasteiger partial charge in [-0.2, -0.15) is 13.5 Å². The van der Waals surface area contributed by atoms with Crippen LogP contribution in [0.25, 0.3) is 0 Å². The lowest BCUT2D eigenvalue weighted by molar-refractivity contribution is 0.318. The summed E-state index contributed by atoms with van der Waals surface area (Å²) in [5, 5.41) is 13.9. The molecule has 2 aromatic carbocycles. The first-order valence-corrected chi connectivity index (χ1v) is 10.2. The molecule has 0 heterocycles. The first-order valence-electron chi connectivity index (χ1n) is 8.67. The van der Waals surface area contributed by atoms with E-state index in [4.69, 9.17) is 4.74 Å². The molecular formula is C20H26N2O4S. The van der Waals surface area contributed by atoms with Crippen molar-refractivity contribution >= 4 is 16.2 Å². The summed E-state index contributed by atoms with van der Waals surface area (Å²) in [7, 11) is -3.84. The molecule has 7 heteroatoms. The molecule has 0 spiro atoms. The quantitative estimate of drug-likeness (QED) is 0.581. The summed E-state index contributed by atoms with van der Waals surface area (Å²) in [6.45, 7) is 10.0. The number of sulfonamides is 1. The van der Waals surface area contributed by atoms with Crippen molar-refractivity contribution in [3.63, 3.8) is 0 Å². The Labute approximate surface area is 160 Å². The van der Waals surface area contributed by atoms with Crippen molar-refractivity contribution in [3.8, 4) is 11.5 Å². The Hall–Kier alpha value is -2.54. The van der Waals surface area contributed by atoms with Crippen LogP contribution in [0.15, 0.2) is 46.4 Å². The summed E-state index contributed by atoms with van der Waals surface area (Å²) in [6.07, 6.45) is 1.25. The van der Waals surface area contributed by atoms with Crippen molar-refractivity contribution in [3.05, 3.63) is 53.1 Å². The van der Waals surface area contributed by atoms with Gasteiger partial charge in [-0.15, -0.1) is 0 Å². The highest BCUT2D eigenvalue weighted by molar-refractivity contribution is 7.89. The molecule has 2 rings (SSSR count). The Morgan fingerprint density at radius 2 is 1.93 bits per heavy atom. The second-order valence-corrected chi connectivity index (χ2v) is 8.84. The van der Waals surface area contributed by atoms with Crippen LogP contribution in [0.2, 0.25) is 0 Å². The zero-order chi connectivity index (χ0) is 20.2. The van der Waals surface area contributed by atoms with Gasteiger partial charge in [-0.1, -0.05) is 39.0 Å². The van der Waals surface area contributed by atoms with Crippen molar-refractivity contribution in [1.82, 2.24) is 4.83 Å². The largest absolute Gasteiger partial charge is 0.504 e. The van der Waals surface area contributed by atoms with E-state index in [1.165, 1.54) is 6.21 Å². The monoisotopic (exact) mass is 390 g/mol. The van der Waals surface area contributed by atoms with Gasteiger partial charge in [-0.3, -0.25) is 0 Å². The maximum atomic E-state index is 12.7. The van der Waals surface area contributed by atoms with E-state index in [0.717, 1.165) is 5.56 Å². The zero-order valence-electron chi connectivity index (χ0n) is 16.3. The van der Waals surface area contributed by atoms with Gasteiger partial charge in [0.25, 0.3) is 10.0 Å². The van der Waals surface area contributed by atoms with Gasteiger partial charge in [-0.05, 0) is 48.6 Å². The predicted octanol–water partition coefficient (Wildman–Crippen LogP) is 3.71. The van der Waals surface area contributed by atoms with E-state index in [2.05, 4.69) is 9.93 Å². The number of para-hydroxylation sites is 1. The molecule has 0 aliphatic heterocycles. The summed E-state index contributed by atoms with van der Waals surface area (Å²) in [4.78, 5) is 2.39. The van der Waals surface area contributed by atoms with Gasteiger partial charge in [0.15, 0.2) is 11.5 Å². The third-order valence-corrected chi connectivity index (χ3v) is 5.41. The molecule has 0 fully saturated rings. The van der Waals surface area contributed by atoms with Crippen LogP contribution in [-0.4, -0.2) is 26.3 Å². The molecule has 0 bridgehead atoms. The van der Waals surface area contributed by atoms with Crippen LogP contribution in [0.1, 0.15) is 44.4 Å². The Kier molecular flexibility index (Phi) is 6.15. The van der Waals surface area contributed by atoms with E-state index in [-0.39, 0.29) is 16.1 Å². The van der Waals surface area contributed by atoms with E-state index >= 15 is 0 Å². The van der Waals surface area contributed by atoms with Gasteiger partial charge in [0.1, 0.15) is 0 Å². The number of phenolic OH excluding ortho intramolecular Hbond substituents is 1. The molecule has 27 heavy (non-hydrogen) atoms. The number of rotatable bonds is 6. The van der Waals surface area contributed by atoms with Crippen molar-refractivity contribution in [2.24, 2.45) is 5.10 Å². The Morgan fingerprint density at radius 1 is 1.22 bits per heavy atom. The van der Waals surface area contributed by atoms with Crippen molar-refractivity contribution < 1.29 is 18.3 Å². The van der Waals surface area contributed by atoms with Crippen LogP contribution in [0.3, 0.4) is 0 Å². The van der Waals surface area contributed by atoms with Crippen molar-refractivity contribution in [2.45, 2.75) is 44.9 Å². The zero-order valence-corrected chi connectivity index (χ0v) is 17.1. The molecule has 0 saturated carbocycles. The van der Waals surface area contributed by atoms with Crippen molar-refractivity contribution in [1.29, 1.82) is 0 Å². The number of nitrogens with one attached hydrogen (secondary N) is 1. The number of phenols is 1. The van der Waals surface area contributed by atoms with Gasteiger partial charge < -0.3 is 9.84 Å². The molecule has 0 aromatic heterocycles. The predicted molar refractivity (Wildman–Crippen MR) is 107 cm³/mol. The normalized spacial score (nSPS) is 12.3. The second kappa shape index (κ2) is 8.00. The molecule has 2 aromatic rings. The molecule has 0 radical (unpaired) electrons. The number of ether oxygens (including phenoxy) is 1. The molecule has 0 amide bonds. The van der Waals surface area contributed by atoms with Gasteiger partial charge >= 0.3 is 0 Å². The maximum Gasteiger partial charge on any atom is 0.276 e. The van der Waals surface area contributed by atoms with Gasteiger partial charge in [0.2, 0.25) is 0 Å². The maximum absolute atomic E-state index is 12.7. The highest BCUT2D eigenvalue weighted by Crippen LogP contribution is 2.29. The summed E-state index contributed by atoms with van der Waals surface area (Å²) in [6, 6.07) is 10.3. The number of aromatic hydroxyl groups is 1. The topological polar surface area (TPSA) is 88.0 Å². The Morgan fingerprint density at radius 3 is 2.56 bits per heavy atom. The molecule has 2 N–H and O–H groups in total. The summed E-state index contributed by atoms with van der Waals surface area (Å²) < 4.78 is 30.6. The third-order valence-electron chi connectivity index (χ3n) is 4.05. The van der Waals surface area contributed by atoms with E-state index in [1.807, 2.05) is 33.8 Å². The Bertz CT molecular complexity index is 945. The fraction of sp³-hybridized carbons (Fsp3) is 0.350.